The molecule has 2 fully saturated rings. The van der Waals surface area contributed by atoms with Crippen molar-refractivity contribution in [1.29, 1.82) is 0 Å². The third-order valence-electron chi connectivity index (χ3n) is 5.51. The topological polar surface area (TPSA) is 38.8 Å². The van der Waals surface area contributed by atoms with Gasteiger partial charge in [0.05, 0.1) is 13.2 Å². The Morgan fingerprint density at radius 1 is 1.12 bits per heavy atom. The van der Waals surface area contributed by atoms with E-state index >= 15 is 0 Å². The Balaban J connectivity index is 1.59. The second kappa shape index (κ2) is 6.79. The summed E-state index contributed by atoms with van der Waals surface area (Å²) in [5.74, 6) is 0.497. The number of rotatable bonds is 8. The fourth-order valence-corrected chi connectivity index (χ4v) is 5.89. The van der Waals surface area contributed by atoms with Crippen molar-refractivity contribution in [1.82, 2.24) is 4.67 Å². The summed E-state index contributed by atoms with van der Waals surface area (Å²) in [7, 11) is -3.33. The minimum absolute atomic E-state index is 0.0643. The summed E-state index contributed by atoms with van der Waals surface area (Å²) in [6, 6.07) is 15.1. The van der Waals surface area contributed by atoms with Gasteiger partial charge >= 0.3 is 7.75 Å². The lowest BCUT2D eigenvalue weighted by atomic mass is 9.93. The monoisotopic (exact) mass is 369 g/mol. The van der Waals surface area contributed by atoms with Gasteiger partial charge in [-0.2, -0.15) is 0 Å². The molecule has 0 radical (unpaired) electrons. The second-order valence-electron chi connectivity index (χ2n) is 7.10. The molecule has 1 saturated heterocycles. The highest BCUT2D eigenvalue weighted by molar-refractivity contribution is 7.51. The minimum Gasteiger partial charge on any atom is -0.292 e. The molecular formula is C21H24NO3P. The molecule has 0 bridgehead atoms. The minimum atomic E-state index is -3.33. The Bertz CT molecular complexity index is 880. The van der Waals surface area contributed by atoms with Crippen LogP contribution in [-0.2, 0) is 19.0 Å². The SMILES string of the molecule is C=CCOP(=O)(OCC=C)N1C[C@H]2C[C@@]2(c2ccc3ccccc3c2)C1. The van der Waals surface area contributed by atoms with Crippen LogP contribution in [0.3, 0.4) is 0 Å². The molecular weight excluding hydrogens is 345 g/mol. The molecule has 0 N–H and O–H groups in total. The van der Waals surface area contributed by atoms with Crippen LogP contribution in [0.1, 0.15) is 12.0 Å². The van der Waals surface area contributed by atoms with Crippen LogP contribution in [0.15, 0.2) is 67.8 Å². The molecule has 4 rings (SSSR count). The van der Waals surface area contributed by atoms with Crippen LogP contribution in [0.5, 0.6) is 0 Å². The number of nitrogens with zero attached hydrogens (tertiary/aromatic N) is 1. The second-order valence-corrected chi connectivity index (χ2v) is 9.12. The highest BCUT2D eigenvalue weighted by Gasteiger charge is 2.63. The van der Waals surface area contributed by atoms with Gasteiger partial charge in [0.15, 0.2) is 0 Å². The number of benzene rings is 2. The predicted octanol–water partition coefficient (Wildman–Crippen LogP) is 4.93. The van der Waals surface area contributed by atoms with Crippen LogP contribution in [0.2, 0.25) is 0 Å². The molecule has 1 aliphatic carbocycles. The zero-order chi connectivity index (χ0) is 18.2. The van der Waals surface area contributed by atoms with Gasteiger partial charge in [-0.05, 0) is 28.7 Å². The van der Waals surface area contributed by atoms with Crippen LogP contribution in [0.4, 0.5) is 0 Å². The summed E-state index contributed by atoms with van der Waals surface area (Å²) < 4.78 is 26.3. The summed E-state index contributed by atoms with van der Waals surface area (Å²) in [5.41, 5.74) is 1.39. The lowest BCUT2D eigenvalue weighted by Crippen LogP contribution is -2.26. The Morgan fingerprint density at radius 3 is 2.50 bits per heavy atom. The van der Waals surface area contributed by atoms with Gasteiger partial charge < -0.3 is 0 Å². The molecule has 1 aliphatic heterocycles. The van der Waals surface area contributed by atoms with Gasteiger partial charge in [0.25, 0.3) is 0 Å². The van der Waals surface area contributed by atoms with Crippen LogP contribution in [0, 0.1) is 5.92 Å². The van der Waals surface area contributed by atoms with E-state index in [2.05, 4.69) is 55.6 Å². The maximum atomic E-state index is 13.3. The Hall–Kier alpha value is -1.71. The van der Waals surface area contributed by atoms with Crippen molar-refractivity contribution in [2.24, 2.45) is 5.92 Å². The highest BCUT2D eigenvalue weighted by atomic mass is 31.2. The molecule has 4 nitrogen and oxygen atoms in total. The van der Waals surface area contributed by atoms with E-state index in [0.717, 1.165) is 13.0 Å². The molecule has 1 heterocycles. The lowest BCUT2D eigenvalue weighted by molar-refractivity contribution is 0.184. The molecule has 5 heteroatoms. The fourth-order valence-electron chi connectivity index (χ4n) is 4.08. The van der Waals surface area contributed by atoms with E-state index in [1.54, 1.807) is 12.2 Å². The van der Waals surface area contributed by atoms with E-state index in [4.69, 9.17) is 9.05 Å². The molecule has 2 atom stereocenters. The van der Waals surface area contributed by atoms with E-state index in [1.165, 1.54) is 16.3 Å². The van der Waals surface area contributed by atoms with Gasteiger partial charge in [-0.15, -0.1) is 13.2 Å². The van der Waals surface area contributed by atoms with Gasteiger partial charge in [-0.1, -0.05) is 54.6 Å². The van der Waals surface area contributed by atoms with Gasteiger partial charge in [0.1, 0.15) is 0 Å². The van der Waals surface area contributed by atoms with E-state index in [-0.39, 0.29) is 18.6 Å². The molecule has 2 aromatic rings. The molecule has 136 valence electrons. The zero-order valence-corrected chi connectivity index (χ0v) is 15.7. The fraction of sp³-hybridized carbons (Fsp3) is 0.333. The van der Waals surface area contributed by atoms with Gasteiger partial charge in [-0.25, -0.2) is 9.24 Å². The zero-order valence-electron chi connectivity index (χ0n) is 14.8. The molecule has 0 unspecified atom stereocenters. The van der Waals surface area contributed by atoms with Crippen molar-refractivity contribution in [3.05, 3.63) is 73.3 Å². The maximum absolute atomic E-state index is 13.3. The van der Waals surface area contributed by atoms with Crippen molar-refractivity contribution in [3.63, 3.8) is 0 Å². The van der Waals surface area contributed by atoms with E-state index < -0.39 is 7.75 Å². The van der Waals surface area contributed by atoms with Crippen molar-refractivity contribution in [2.45, 2.75) is 11.8 Å². The first-order valence-electron chi connectivity index (χ1n) is 8.97. The average Bonchev–Trinajstić information content (AvgIpc) is 3.25. The Labute approximate surface area is 154 Å². The first-order chi connectivity index (χ1) is 12.6. The quantitative estimate of drug-likeness (QED) is 0.489. The summed E-state index contributed by atoms with van der Waals surface area (Å²) in [6.45, 7) is 9.13. The van der Waals surface area contributed by atoms with Crippen LogP contribution >= 0.6 is 7.75 Å². The van der Waals surface area contributed by atoms with Crippen molar-refractivity contribution in [2.75, 3.05) is 26.3 Å². The van der Waals surface area contributed by atoms with Crippen molar-refractivity contribution in [3.8, 4) is 0 Å². The molecule has 2 aromatic carbocycles. The van der Waals surface area contributed by atoms with Crippen LogP contribution < -0.4 is 0 Å². The normalized spacial score (nSPS) is 25.2. The summed E-state index contributed by atoms with van der Waals surface area (Å²) in [6.07, 6.45) is 4.32. The molecule has 0 spiro atoms. The molecule has 2 aliphatic rings. The summed E-state index contributed by atoms with van der Waals surface area (Å²) >= 11 is 0. The third-order valence-corrected chi connectivity index (χ3v) is 7.46. The van der Waals surface area contributed by atoms with Crippen molar-refractivity contribution >= 4 is 18.5 Å². The summed E-state index contributed by atoms with van der Waals surface area (Å²) in [5, 5.41) is 2.49. The van der Waals surface area contributed by atoms with Crippen LogP contribution in [0.25, 0.3) is 10.8 Å². The number of fused-ring (bicyclic) bond motifs is 2. The maximum Gasteiger partial charge on any atom is 0.408 e. The van der Waals surface area contributed by atoms with Crippen LogP contribution in [-0.4, -0.2) is 31.0 Å². The first kappa shape index (κ1) is 17.7. The lowest BCUT2D eigenvalue weighted by Gasteiger charge is -2.28. The van der Waals surface area contributed by atoms with Gasteiger partial charge in [0, 0.05) is 18.5 Å². The molecule has 26 heavy (non-hydrogen) atoms. The molecule has 0 amide bonds. The number of hydrogen-bond acceptors (Lipinski definition) is 3. The largest absolute Gasteiger partial charge is 0.408 e. The summed E-state index contributed by atoms with van der Waals surface area (Å²) in [4.78, 5) is 0. The van der Waals surface area contributed by atoms with Crippen molar-refractivity contribution < 1.29 is 13.6 Å². The van der Waals surface area contributed by atoms with E-state index in [0.29, 0.717) is 12.5 Å². The standard InChI is InChI=1S/C21H24NO3P/c1-3-11-24-26(23,25-12-4-2)22-15-20-14-21(20,16-22)19-10-9-17-7-5-6-8-18(17)13-19/h3-10,13,20H,1-2,11-12,14-16H2/t20-,21+/m1/s1. The molecule has 0 aromatic heterocycles. The van der Waals surface area contributed by atoms with Gasteiger partial charge in [0.2, 0.25) is 0 Å². The predicted molar refractivity (Wildman–Crippen MR) is 105 cm³/mol. The first-order valence-corrected chi connectivity index (χ1v) is 10.5. The Kier molecular flexibility index (Phi) is 4.62. The number of piperidine rings is 1. The average molecular weight is 369 g/mol. The van der Waals surface area contributed by atoms with E-state index in [1.807, 2.05) is 4.67 Å². The number of hydrogen-bond donors (Lipinski definition) is 0. The van der Waals surface area contributed by atoms with E-state index in [9.17, 15) is 4.57 Å². The Morgan fingerprint density at radius 2 is 1.81 bits per heavy atom. The smallest absolute Gasteiger partial charge is 0.292 e. The molecule has 1 saturated carbocycles. The van der Waals surface area contributed by atoms with Gasteiger partial charge in [-0.3, -0.25) is 9.05 Å². The highest BCUT2D eigenvalue weighted by Crippen LogP contribution is 2.66. The third kappa shape index (κ3) is 2.97.